The first-order valence-corrected chi connectivity index (χ1v) is 7.69. The number of hydrogen-bond acceptors (Lipinski definition) is 4. The van der Waals surface area contributed by atoms with E-state index >= 15 is 0 Å². The largest absolute Gasteiger partial charge is 0.480 e. The monoisotopic (exact) mass is 315 g/mol. The number of benzene rings is 2. The van der Waals surface area contributed by atoms with Gasteiger partial charge >= 0.3 is 5.97 Å². The minimum Gasteiger partial charge on any atom is -0.480 e. The van der Waals surface area contributed by atoms with Gasteiger partial charge in [-0.05, 0) is 43.7 Å². The third kappa shape index (κ3) is 8.60. The molecule has 0 aromatic heterocycles. The summed E-state index contributed by atoms with van der Waals surface area (Å²) in [5.41, 5.74) is 12.7. The van der Waals surface area contributed by atoms with Crippen LogP contribution in [0.15, 0.2) is 60.7 Å². The molecule has 0 aliphatic carbocycles. The first kappa shape index (κ1) is 18.7. The molecule has 0 fully saturated rings. The molecule has 0 saturated carbocycles. The summed E-state index contributed by atoms with van der Waals surface area (Å²) in [6.07, 6.45) is 2.16. The highest BCUT2D eigenvalue weighted by Crippen LogP contribution is 2.14. The van der Waals surface area contributed by atoms with Crippen molar-refractivity contribution in [1.29, 1.82) is 0 Å². The lowest BCUT2D eigenvalue weighted by atomic mass is 10.1. The first-order chi connectivity index (χ1) is 11.1. The molecule has 5 heteroatoms. The van der Waals surface area contributed by atoms with Gasteiger partial charge in [-0.1, -0.05) is 42.8 Å². The van der Waals surface area contributed by atoms with Gasteiger partial charge < -0.3 is 21.9 Å². The van der Waals surface area contributed by atoms with Gasteiger partial charge in [0.25, 0.3) is 0 Å². The fourth-order valence-corrected chi connectivity index (χ4v) is 1.84. The van der Waals surface area contributed by atoms with Crippen LogP contribution >= 0.6 is 0 Å². The van der Waals surface area contributed by atoms with Crippen LogP contribution in [0.1, 0.15) is 19.3 Å². The summed E-state index contributed by atoms with van der Waals surface area (Å²) in [4.78, 5) is 10.1. The van der Waals surface area contributed by atoms with Crippen molar-refractivity contribution in [3.63, 3.8) is 0 Å². The van der Waals surface area contributed by atoms with E-state index in [1.807, 2.05) is 60.7 Å². The Labute approximate surface area is 137 Å². The molecule has 0 radical (unpaired) electrons. The number of aliphatic carboxylic acids is 1. The molecular weight excluding hydrogens is 290 g/mol. The van der Waals surface area contributed by atoms with E-state index in [0.717, 1.165) is 24.2 Å². The van der Waals surface area contributed by atoms with Crippen molar-refractivity contribution >= 4 is 17.3 Å². The number of carbonyl (C=O) groups is 1. The van der Waals surface area contributed by atoms with Gasteiger partial charge in [0.05, 0.1) is 0 Å². The lowest BCUT2D eigenvalue weighted by Gasteiger charge is -2.04. The highest BCUT2D eigenvalue weighted by atomic mass is 16.4. The zero-order chi connectivity index (χ0) is 16.9. The van der Waals surface area contributed by atoms with Crippen LogP contribution in [0.3, 0.4) is 0 Å². The summed E-state index contributed by atoms with van der Waals surface area (Å²) < 4.78 is 0. The molecule has 2 aromatic rings. The number of unbranched alkanes of at least 4 members (excludes halogenated alkanes) is 1. The molecule has 0 unspecified atom stereocenters. The summed E-state index contributed by atoms with van der Waals surface area (Å²) in [7, 11) is 0. The van der Waals surface area contributed by atoms with Gasteiger partial charge in [0.1, 0.15) is 6.04 Å². The highest BCUT2D eigenvalue weighted by Gasteiger charge is 2.09. The van der Waals surface area contributed by atoms with Gasteiger partial charge in [-0.25, -0.2) is 0 Å². The lowest BCUT2D eigenvalue weighted by molar-refractivity contribution is -0.138. The van der Waals surface area contributed by atoms with Crippen LogP contribution in [-0.2, 0) is 4.79 Å². The summed E-state index contributed by atoms with van der Waals surface area (Å²) in [6, 6.07) is 19.6. The van der Waals surface area contributed by atoms with E-state index in [9.17, 15) is 4.79 Å². The van der Waals surface area contributed by atoms with E-state index in [-0.39, 0.29) is 0 Å². The predicted molar refractivity (Wildman–Crippen MR) is 94.7 cm³/mol. The number of para-hydroxylation sites is 2. The van der Waals surface area contributed by atoms with Crippen molar-refractivity contribution in [2.75, 3.05) is 11.9 Å². The minimum atomic E-state index is -0.933. The van der Waals surface area contributed by atoms with Gasteiger partial charge in [0.15, 0.2) is 0 Å². The molecule has 0 aliphatic rings. The van der Waals surface area contributed by atoms with E-state index in [2.05, 4.69) is 5.32 Å². The molecule has 2 aromatic carbocycles. The minimum absolute atomic E-state index is 0.520. The topological polar surface area (TPSA) is 101 Å². The van der Waals surface area contributed by atoms with Gasteiger partial charge in [-0.15, -0.1) is 0 Å². The number of carboxylic acids is 1. The number of rotatable bonds is 7. The Morgan fingerprint density at radius 3 is 1.83 bits per heavy atom. The standard InChI is InChI=1S/C12H11N.C6H14N2O2/c1-3-7-11(8-4-1)13-12-9-5-2-6-10-12;7-4-2-1-3-5(8)6(9)10/h1-10,13H;5H,1-4,7-8H2,(H,9,10)/t;5-/m.0/s1. The third-order valence-corrected chi connectivity index (χ3v) is 3.12. The lowest BCUT2D eigenvalue weighted by Crippen LogP contribution is -2.29. The maximum Gasteiger partial charge on any atom is 0.320 e. The molecule has 1 atom stereocenters. The van der Waals surface area contributed by atoms with Crippen molar-refractivity contribution in [3.8, 4) is 0 Å². The highest BCUT2D eigenvalue weighted by molar-refractivity contribution is 5.72. The normalized spacial score (nSPS) is 11.0. The second kappa shape index (κ2) is 11.2. The first-order valence-electron chi connectivity index (χ1n) is 7.69. The Kier molecular flexibility index (Phi) is 9.12. The zero-order valence-corrected chi connectivity index (χ0v) is 13.2. The number of hydrogen-bond donors (Lipinski definition) is 4. The van der Waals surface area contributed by atoms with Crippen LogP contribution < -0.4 is 16.8 Å². The van der Waals surface area contributed by atoms with Crippen molar-refractivity contribution in [3.05, 3.63) is 60.7 Å². The number of anilines is 2. The SMILES string of the molecule is NCCCC[C@H](N)C(=O)O.c1ccc(Nc2ccccc2)cc1. The number of carboxylic acid groups (broad SMARTS) is 1. The van der Waals surface area contributed by atoms with Crippen LogP contribution in [0.25, 0.3) is 0 Å². The van der Waals surface area contributed by atoms with E-state index in [1.165, 1.54) is 0 Å². The quantitative estimate of drug-likeness (QED) is 0.588. The van der Waals surface area contributed by atoms with E-state index in [0.29, 0.717) is 13.0 Å². The molecule has 5 nitrogen and oxygen atoms in total. The maximum absolute atomic E-state index is 10.1. The molecular formula is C18H25N3O2. The molecule has 0 aliphatic heterocycles. The number of nitrogens with two attached hydrogens (primary N) is 2. The Bertz CT molecular complexity index is 509. The van der Waals surface area contributed by atoms with Gasteiger partial charge in [-0.2, -0.15) is 0 Å². The molecule has 23 heavy (non-hydrogen) atoms. The van der Waals surface area contributed by atoms with Crippen molar-refractivity contribution in [1.82, 2.24) is 0 Å². The summed E-state index contributed by atoms with van der Waals surface area (Å²) >= 11 is 0. The maximum atomic E-state index is 10.1. The Morgan fingerprint density at radius 1 is 0.957 bits per heavy atom. The van der Waals surface area contributed by atoms with E-state index in [1.54, 1.807) is 0 Å². The molecule has 2 rings (SSSR count). The summed E-state index contributed by atoms with van der Waals surface area (Å²) in [5, 5.41) is 11.6. The van der Waals surface area contributed by atoms with Gasteiger partial charge in [0, 0.05) is 11.4 Å². The summed E-state index contributed by atoms with van der Waals surface area (Å²) in [6.45, 7) is 0.604. The van der Waals surface area contributed by atoms with Crippen LogP contribution in [-0.4, -0.2) is 23.7 Å². The van der Waals surface area contributed by atoms with Gasteiger partial charge in [0.2, 0.25) is 0 Å². The van der Waals surface area contributed by atoms with Crippen molar-refractivity contribution in [2.45, 2.75) is 25.3 Å². The van der Waals surface area contributed by atoms with Crippen LogP contribution in [0, 0.1) is 0 Å². The van der Waals surface area contributed by atoms with E-state index < -0.39 is 12.0 Å². The van der Waals surface area contributed by atoms with Crippen LogP contribution in [0.2, 0.25) is 0 Å². The van der Waals surface area contributed by atoms with Crippen LogP contribution in [0.5, 0.6) is 0 Å². The fraction of sp³-hybridized carbons (Fsp3) is 0.278. The molecule has 0 saturated heterocycles. The smallest absolute Gasteiger partial charge is 0.320 e. The third-order valence-electron chi connectivity index (χ3n) is 3.12. The number of nitrogens with one attached hydrogen (secondary N) is 1. The Balaban J connectivity index is 0.000000241. The predicted octanol–water partition coefficient (Wildman–Crippen LogP) is 2.96. The molecule has 0 heterocycles. The molecule has 0 spiro atoms. The average Bonchev–Trinajstić information content (AvgIpc) is 2.57. The molecule has 0 amide bonds. The van der Waals surface area contributed by atoms with E-state index in [4.69, 9.17) is 16.6 Å². The zero-order valence-electron chi connectivity index (χ0n) is 13.2. The van der Waals surface area contributed by atoms with Crippen LogP contribution in [0.4, 0.5) is 11.4 Å². The fourth-order valence-electron chi connectivity index (χ4n) is 1.84. The summed E-state index contributed by atoms with van der Waals surface area (Å²) in [5.74, 6) is -0.933. The molecule has 6 N–H and O–H groups in total. The second-order valence-corrected chi connectivity index (χ2v) is 5.09. The Hall–Kier alpha value is -2.37. The average molecular weight is 315 g/mol. The van der Waals surface area contributed by atoms with Crippen molar-refractivity contribution in [2.24, 2.45) is 11.5 Å². The Morgan fingerprint density at radius 2 is 1.43 bits per heavy atom. The second-order valence-electron chi connectivity index (χ2n) is 5.09. The van der Waals surface area contributed by atoms with Gasteiger partial charge in [-0.3, -0.25) is 4.79 Å². The molecule has 124 valence electrons. The molecule has 0 bridgehead atoms. The van der Waals surface area contributed by atoms with Crippen molar-refractivity contribution < 1.29 is 9.90 Å².